The SMILES string of the molecule is CC(=O)NC(CC(C)C)C(=O)N1Cc2nc(C)sc2C1. The smallest absolute Gasteiger partial charge is 0.245 e. The van der Waals surface area contributed by atoms with Crippen molar-refractivity contribution in [2.75, 3.05) is 0 Å². The van der Waals surface area contributed by atoms with Crippen LogP contribution >= 0.6 is 11.3 Å². The van der Waals surface area contributed by atoms with Gasteiger partial charge in [-0.15, -0.1) is 11.3 Å². The van der Waals surface area contributed by atoms with Crippen LogP contribution in [0.1, 0.15) is 42.8 Å². The average Bonchev–Trinajstić information content (AvgIpc) is 2.82. The van der Waals surface area contributed by atoms with Crippen LogP contribution in [-0.4, -0.2) is 27.7 Å². The summed E-state index contributed by atoms with van der Waals surface area (Å²) in [5, 5.41) is 3.82. The number of aryl methyl sites for hydroxylation is 1. The molecule has 0 radical (unpaired) electrons. The first-order chi connectivity index (χ1) is 9.36. The molecule has 0 saturated carbocycles. The van der Waals surface area contributed by atoms with Crippen molar-refractivity contribution in [2.45, 2.75) is 53.2 Å². The van der Waals surface area contributed by atoms with Crippen LogP contribution in [0.2, 0.25) is 0 Å². The Kier molecular flexibility index (Phi) is 4.42. The van der Waals surface area contributed by atoms with Gasteiger partial charge in [-0.05, 0) is 19.3 Å². The van der Waals surface area contributed by atoms with Crippen molar-refractivity contribution in [3.8, 4) is 0 Å². The normalized spacial score (nSPS) is 15.3. The Balaban J connectivity index is 2.05. The van der Waals surface area contributed by atoms with Crippen molar-refractivity contribution in [2.24, 2.45) is 5.92 Å². The molecule has 1 N–H and O–H groups in total. The first-order valence-electron chi connectivity index (χ1n) is 6.88. The molecule has 1 atom stereocenters. The molecule has 1 aromatic heterocycles. The highest BCUT2D eigenvalue weighted by atomic mass is 32.1. The van der Waals surface area contributed by atoms with Gasteiger partial charge in [0.05, 0.1) is 23.8 Å². The minimum Gasteiger partial charge on any atom is -0.345 e. The second-order valence-corrected chi connectivity index (χ2v) is 6.97. The van der Waals surface area contributed by atoms with Gasteiger partial charge in [-0.1, -0.05) is 13.8 Å². The summed E-state index contributed by atoms with van der Waals surface area (Å²) in [4.78, 5) is 31.2. The molecule has 110 valence electrons. The quantitative estimate of drug-likeness (QED) is 0.922. The number of hydrogen-bond donors (Lipinski definition) is 1. The first kappa shape index (κ1) is 15.0. The van der Waals surface area contributed by atoms with E-state index >= 15 is 0 Å². The lowest BCUT2D eigenvalue weighted by Gasteiger charge is -2.24. The molecule has 1 aliphatic rings. The van der Waals surface area contributed by atoms with Gasteiger partial charge >= 0.3 is 0 Å². The summed E-state index contributed by atoms with van der Waals surface area (Å²) in [7, 11) is 0. The van der Waals surface area contributed by atoms with Crippen LogP contribution in [0.25, 0.3) is 0 Å². The van der Waals surface area contributed by atoms with E-state index in [1.54, 1.807) is 16.2 Å². The fourth-order valence-electron chi connectivity index (χ4n) is 2.48. The minimum atomic E-state index is -0.428. The third-order valence-corrected chi connectivity index (χ3v) is 4.25. The van der Waals surface area contributed by atoms with E-state index in [-0.39, 0.29) is 11.8 Å². The van der Waals surface area contributed by atoms with E-state index in [9.17, 15) is 9.59 Å². The summed E-state index contributed by atoms with van der Waals surface area (Å²) >= 11 is 1.65. The van der Waals surface area contributed by atoms with E-state index in [4.69, 9.17) is 0 Å². The van der Waals surface area contributed by atoms with E-state index in [0.29, 0.717) is 25.4 Å². The number of amides is 2. The Labute approximate surface area is 123 Å². The predicted molar refractivity (Wildman–Crippen MR) is 78.2 cm³/mol. The fourth-order valence-corrected chi connectivity index (χ4v) is 3.44. The molecule has 1 unspecified atom stereocenters. The third kappa shape index (κ3) is 3.36. The van der Waals surface area contributed by atoms with Gasteiger partial charge in [0, 0.05) is 11.8 Å². The second kappa shape index (κ2) is 5.91. The summed E-state index contributed by atoms with van der Waals surface area (Å²) in [5.74, 6) is 0.191. The fraction of sp³-hybridized carbons (Fsp3) is 0.643. The third-order valence-electron chi connectivity index (χ3n) is 3.25. The molecule has 2 heterocycles. The number of thiazole rings is 1. The van der Waals surface area contributed by atoms with E-state index < -0.39 is 6.04 Å². The van der Waals surface area contributed by atoms with Crippen molar-refractivity contribution in [1.82, 2.24) is 15.2 Å². The van der Waals surface area contributed by atoms with Gasteiger partial charge < -0.3 is 10.2 Å². The largest absolute Gasteiger partial charge is 0.345 e. The molecule has 2 amide bonds. The number of nitrogens with zero attached hydrogens (tertiary/aromatic N) is 2. The van der Waals surface area contributed by atoms with Crippen LogP contribution in [0, 0.1) is 12.8 Å². The Morgan fingerprint density at radius 3 is 2.65 bits per heavy atom. The van der Waals surface area contributed by atoms with Crippen molar-refractivity contribution in [3.63, 3.8) is 0 Å². The zero-order valence-corrected chi connectivity index (χ0v) is 13.2. The second-order valence-electron chi connectivity index (χ2n) is 5.68. The number of carbonyl (C=O) groups is 2. The molecule has 2 rings (SSSR count). The molecule has 0 bridgehead atoms. The Hall–Kier alpha value is -1.43. The minimum absolute atomic E-state index is 0.00301. The molecule has 6 heteroatoms. The molecule has 0 fully saturated rings. The van der Waals surface area contributed by atoms with Crippen molar-refractivity contribution >= 4 is 23.2 Å². The summed E-state index contributed by atoms with van der Waals surface area (Å²) in [6.45, 7) is 8.71. The Morgan fingerprint density at radius 2 is 2.10 bits per heavy atom. The van der Waals surface area contributed by atoms with Gasteiger partial charge in [-0.2, -0.15) is 0 Å². The van der Waals surface area contributed by atoms with Crippen LogP contribution in [0.3, 0.4) is 0 Å². The zero-order valence-electron chi connectivity index (χ0n) is 12.4. The number of carbonyl (C=O) groups excluding carboxylic acids is 2. The van der Waals surface area contributed by atoms with Crippen LogP contribution < -0.4 is 5.32 Å². The van der Waals surface area contributed by atoms with E-state index in [0.717, 1.165) is 10.7 Å². The van der Waals surface area contributed by atoms with Gasteiger partial charge in [0.25, 0.3) is 0 Å². The highest BCUT2D eigenvalue weighted by Gasteiger charge is 2.31. The highest BCUT2D eigenvalue weighted by Crippen LogP contribution is 2.28. The maximum atomic E-state index is 12.6. The van der Waals surface area contributed by atoms with Gasteiger partial charge in [0.1, 0.15) is 6.04 Å². The maximum Gasteiger partial charge on any atom is 0.245 e. The molecule has 1 aromatic rings. The molecular weight excluding hydrogens is 274 g/mol. The van der Waals surface area contributed by atoms with Crippen LogP contribution in [0.15, 0.2) is 0 Å². The summed E-state index contributed by atoms with van der Waals surface area (Å²) in [6.07, 6.45) is 0.662. The molecule has 0 aromatic carbocycles. The van der Waals surface area contributed by atoms with Gasteiger partial charge in [-0.3, -0.25) is 9.59 Å². The Morgan fingerprint density at radius 1 is 1.40 bits per heavy atom. The van der Waals surface area contributed by atoms with E-state index in [1.807, 2.05) is 20.8 Å². The topological polar surface area (TPSA) is 62.3 Å². The molecule has 0 aliphatic carbocycles. The molecule has 5 nitrogen and oxygen atoms in total. The molecule has 0 saturated heterocycles. The first-order valence-corrected chi connectivity index (χ1v) is 7.69. The standard InChI is InChI=1S/C14H21N3O2S/c1-8(2)5-11(15-9(3)18)14(19)17-6-12-13(7-17)20-10(4)16-12/h8,11H,5-7H2,1-4H3,(H,15,18). The van der Waals surface area contributed by atoms with Gasteiger partial charge in [-0.25, -0.2) is 4.98 Å². The van der Waals surface area contributed by atoms with E-state index in [1.165, 1.54) is 11.8 Å². The monoisotopic (exact) mass is 295 g/mol. The van der Waals surface area contributed by atoms with Crippen LogP contribution in [0.4, 0.5) is 0 Å². The lowest BCUT2D eigenvalue weighted by Crippen LogP contribution is -2.47. The van der Waals surface area contributed by atoms with Gasteiger partial charge in [0.15, 0.2) is 0 Å². The van der Waals surface area contributed by atoms with Crippen molar-refractivity contribution < 1.29 is 9.59 Å². The van der Waals surface area contributed by atoms with Crippen LogP contribution in [0.5, 0.6) is 0 Å². The summed E-state index contributed by atoms with van der Waals surface area (Å²) in [6, 6.07) is -0.428. The highest BCUT2D eigenvalue weighted by molar-refractivity contribution is 7.11. The lowest BCUT2D eigenvalue weighted by molar-refractivity contribution is -0.137. The summed E-state index contributed by atoms with van der Waals surface area (Å²) in [5.41, 5.74) is 1.01. The van der Waals surface area contributed by atoms with Crippen LogP contribution in [-0.2, 0) is 22.7 Å². The number of hydrogen-bond acceptors (Lipinski definition) is 4. The maximum absolute atomic E-state index is 12.6. The average molecular weight is 295 g/mol. The molecule has 0 spiro atoms. The molecule has 20 heavy (non-hydrogen) atoms. The number of aromatic nitrogens is 1. The molecule has 1 aliphatic heterocycles. The molecular formula is C14H21N3O2S. The predicted octanol–water partition coefficient (Wildman–Crippen LogP) is 1.84. The van der Waals surface area contributed by atoms with Gasteiger partial charge in [0.2, 0.25) is 11.8 Å². The zero-order chi connectivity index (χ0) is 14.9. The number of fused-ring (bicyclic) bond motifs is 1. The van der Waals surface area contributed by atoms with Crippen molar-refractivity contribution in [1.29, 1.82) is 0 Å². The van der Waals surface area contributed by atoms with E-state index in [2.05, 4.69) is 10.3 Å². The number of rotatable bonds is 4. The lowest BCUT2D eigenvalue weighted by atomic mass is 10.0. The summed E-state index contributed by atoms with van der Waals surface area (Å²) < 4.78 is 0. The van der Waals surface area contributed by atoms with Crippen molar-refractivity contribution in [3.05, 3.63) is 15.6 Å². The number of nitrogens with one attached hydrogen (secondary N) is 1. The Bertz CT molecular complexity index is 501.